The lowest BCUT2D eigenvalue weighted by Crippen LogP contribution is -2.24. The summed E-state index contributed by atoms with van der Waals surface area (Å²) in [7, 11) is 0. The lowest BCUT2D eigenvalue weighted by atomic mass is 9.70. The Morgan fingerprint density at radius 3 is 2.53 bits per heavy atom. The van der Waals surface area contributed by atoms with Gasteiger partial charge in [-0.15, -0.1) is 0 Å². The predicted molar refractivity (Wildman–Crippen MR) is 85.2 cm³/mol. The minimum Gasteiger partial charge on any atom is -0.0851 e. The fraction of sp³-hybridized carbons (Fsp3) is 0.895. The molecular weight excluding hydrogens is 228 g/mol. The van der Waals surface area contributed by atoms with Gasteiger partial charge >= 0.3 is 0 Å². The molecule has 0 spiro atoms. The van der Waals surface area contributed by atoms with E-state index in [1.807, 2.05) is 0 Å². The van der Waals surface area contributed by atoms with Gasteiger partial charge in [-0.3, -0.25) is 0 Å². The summed E-state index contributed by atoms with van der Waals surface area (Å²) in [6.07, 6.45) is 18.3. The van der Waals surface area contributed by atoms with Crippen LogP contribution in [-0.2, 0) is 0 Å². The molecule has 5 atom stereocenters. The van der Waals surface area contributed by atoms with E-state index in [9.17, 15) is 0 Å². The van der Waals surface area contributed by atoms with Crippen LogP contribution < -0.4 is 0 Å². The fourth-order valence-corrected chi connectivity index (χ4v) is 4.13. The first kappa shape index (κ1) is 15.1. The maximum atomic E-state index is 2.58. The van der Waals surface area contributed by atoms with Crippen LogP contribution in [0.25, 0.3) is 0 Å². The van der Waals surface area contributed by atoms with Gasteiger partial charge in [0.05, 0.1) is 0 Å². The summed E-state index contributed by atoms with van der Waals surface area (Å²) in [5.41, 5.74) is 0. The zero-order valence-electron chi connectivity index (χ0n) is 13.4. The van der Waals surface area contributed by atoms with Gasteiger partial charge in [0.2, 0.25) is 0 Å². The van der Waals surface area contributed by atoms with Crippen LogP contribution in [0, 0.1) is 29.6 Å². The lowest BCUT2D eigenvalue weighted by molar-refractivity contribution is 0.215. The van der Waals surface area contributed by atoms with Crippen LogP contribution >= 0.6 is 0 Å². The predicted octanol–water partition coefficient (Wildman–Crippen LogP) is 6.22. The molecule has 2 aliphatic rings. The topological polar surface area (TPSA) is 0 Å². The first-order valence-electron chi connectivity index (χ1n) is 8.87. The molecule has 1 fully saturated rings. The quantitative estimate of drug-likeness (QED) is 0.498. The molecule has 0 radical (unpaired) electrons. The molecule has 110 valence electrons. The number of hydrogen-bond donors (Lipinski definition) is 0. The second-order valence-corrected chi connectivity index (χ2v) is 7.52. The Hall–Kier alpha value is -0.260. The molecule has 0 heterocycles. The van der Waals surface area contributed by atoms with E-state index in [1.165, 1.54) is 57.8 Å². The van der Waals surface area contributed by atoms with Crippen molar-refractivity contribution in [3.05, 3.63) is 12.2 Å². The van der Waals surface area contributed by atoms with Crippen LogP contribution in [0.15, 0.2) is 12.2 Å². The number of fused-ring (bicyclic) bond motifs is 1. The van der Waals surface area contributed by atoms with Gasteiger partial charge in [0, 0.05) is 0 Å². The first-order valence-corrected chi connectivity index (χ1v) is 8.87. The van der Waals surface area contributed by atoms with Crippen LogP contribution in [0.3, 0.4) is 0 Å². The minimum absolute atomic E-state index is 0.895. The summed E-state index contributed by atoms with van der Waals surface area (Å²) in [5, 5.41) is 0. The maximum Gasteiger partial charge on any atom is -0.0205 e. The van der Waals surface area contributed by atoms with E-state index < -0.39 is 0 Å². The van der Waals surface area contributed by atoms with Crippen LogP contribution in [0.5, 0.6) is 0 Å². The molecule has 0 amide bonds. The smallest absolute Gasteiger partial charge is 0.0205 e. The molecule has 0 aromatic heterocycles. The van der Waals surface area contributed by atoms with Crippen molar-refractivity contribution in [2.45, 2.75) is 78.6 Å². The Morgan fingerprint density at radius 1 is 1.00 bits per heavy atom. The third kappa shape index (κ3) is 4.65. The lowest BCUT2D eigenvalue weighted by Gasteiger charge is -2.36. The van der Waals surface area contributed by atoms with Crippen molar-refractivity contribution in [3.8, 4) is 0 Å². The largest absolute Gasteiger partial charge is 0.0851 e. The van der Waals surface area contributed by atoms with Gasteiger partial charge in [0.15, 0.2) is 0 Å². The van der Waals surface area contributed by atoms with E-state index in [-0.39, 0.29) is 0 Å². The molecular formula is C19H34. The maximum absolute atomic E-state index is 2.58. The van der Waals surface area contributed by atoms with E-state index in [0.717, 1.165) is 29.6 Å². The molecule has 0 saturated heterocycles. The molecule has 0 aromatic carbocycles. The summed E-state index contributed by atoms with van der Waals surface area (Å²) in [5.74, 6) is 4.72. The molecule has 19 heavy (non-hydrogen) atoms. The fourth-order valence-electron chi connectivity index (χ4n) is 4.13. The van der Waals surface area contributed by atoms with Crippen molar-refractivity contribution >= 4 is 0 Å². The van der Waals surface area contributed by atoms with Crippen molar-refractivity contribution < 1.29 is 0 Å². The number of rotatable bonds is 6. The summed E-state index contributed by atoms with van der Waals surface area (Å²) in [6.45, 7) is 7.20. The van der Waals surface area contributed by atoms with Gasteiger partial charge in [0.1, 0.15) is 0 Å². The van der Waals surface area contributed by atoms with Crippen molar-refractivity contribution in [1.29, 1.82) is 0 Å². The van der Waals surface area contributed by atoms with Gasteiger partial charge in [0.25, 0.3) is 0 Å². The van der Waals surface area contributed by atoms with Crippen LogP contribution in [-0.4, -0.2) is 0 Å². The summed E-state index contributed by atoms with van der Waals surface area (Å²) < 4.78 is 0. The van der Waals surface area contributed by atoms with E-state index in [2.05, 4.69) is 32.9 Å². The average molecular weight is 262 g/mol. The highest BCUT2D eigenvalue weighted by Gasteiger charge is 2.29. The second-order valence-electron chi connectivity index (χ2n) is 7.52. The highest BCUT2D eigenvalue weighted by Crippen LogP contribution is 2.40. The molecule has 1 saturated carbocycles. The van der Waals surface area contributed by atoms with Crippen LogP contribution in [0.1, 0.15) is 78.6 Å². The molecule has 0 heteroatoms. The Morgan fingerprint density at radius 2 is 1.74 bits per heavy atom. The molecule has 4 unspecified atom stereocenters. The molecule has 0 aliphatic heterocycles. The Bertz CT molecular complexity index is 278. The molecule has 2 aliphatic carbocycles. The zero-order valence-corrected chi connectivity index (χ0v) is 13.4. The van der Waals surface area contributed by atoms with Gasteiger partial charge < -0.3 is 0 Å². The Kier molecular flexibility index (Phi) is 5.98. The molecule has 0 N–H and O–H groups in total. The number of hydrogen-bond acceptors (Lipinski definition) is 0. The molecule has 0 aromatic rings. The Balaban J connectivity index is 1.73. The van der Waals surface area contributed by atoms with Gasteiger partial charge in [-0.05, 0) is 55.3 Å². The molecule has 2 rings (SSSR count). The summed E-state index contributed by atoms with van der Waals surface area (Å²) >= 11 is 0. The standard InChI is InChI=1S/C19H34/c1-4-15(2)9-10-16(3)13-17-11-12-18-7-5-6-8-19(18)14-17/h11-12,15-19H,4-10,13-14H2,1-3H3/t15?,16-,17?,18?,19?/m0/s1. The van der Waals surface area contributed by atoms with Crippen molar-refractivity contribution in [3.63, 3.8) is 0 Å². The first-order chi connectivity index (χ1) is 9.19. The highest BCUT2D eigenvalue weighted by molar-refractivity contribution is 5.02. The normalized spacial score (nSPS) is 33.7. The van der Waals surface area contributed by atoms with Gasteiger partial charge in [-0.1, -0.05) is 65.0 Å². The van der Waals surface area contributed by atoms with Crippen LogP contribution in [0.2, 0.25) is 0 Å². The van der Waals surface area contributed by atoms with Gasteiger partial charge in [-0.25, -0.2) is 0 Å². The summed E-state index contributed by atoms with van der Waals surface area (Å²) in [4.78, 5) is 0. The van der Waals surface area contributed by atoms with Crippen molar-refractivity contribution in [2.75, 3.05) is 0 Å². The van der Waals surface area contributed by atoms with E-state index in [1.54, 1.807) is 0 Å². The number of allylic oxidation sites excluding steroid dienone is 2. The summed E-state index contributed by atoms with van der Waals surface area (Å²) in [6, 6.07) is 0. The monoisotopic (exact) mass is 262 g/mol. The average Bonchev–Trinajstić information content (AvgIpc) is 2.44. The Labute approximate surface area is 121 Å². The third-order valence-corrected chi connectivity index (χ3v) is 5.76. The third-order valence-electron chi connectivity index (χ3n) is 5.76. The van der Waals surface area contributed by atoms with Crippen molar-refractivity contribution in [1.82, 2.24) is 0 Å². The van der Waals surface area contributed by atoms with E-state index in [0.29, 0.717) is 0 Å². The minimum atomic E-state index is 0.895. The van der Waals surface area contributed by atoms with Gasteiger partial charge in [-0.2, -0.15) is 0 Å². The van der Waals surface area contributed by atoms with E-state index in [4.69, 9.17) is 0 Å². The molecule has 0 bridgehead atoms. The van der Waals surface area contributed by atoms with Crippen molar-refractivity contribution in [2.24, 2.45) is 29.6 Å². The van der Waals surface area contributed by atoms with E-state index >= 15 is 0 Å². The molecule has 0 nitrogen and oxygen atoms in total. The SMILES string of the molecule is CCC(C)CC[C@H](C)CC1C=CC2CCCCC2C1. The highest BCUT2D eigenvalue weighted by atomic mass is 14.3. The zero-order chi connectivity index (χ0) is 13.7. The second kappa shape index (κ2) is 7.50. The van der Waals surface area contributed by atoms with Crippen LogP contribution in [0.4, 0.5) is 0 Å².